The quantitative estimate of drug-likeness (QED) is 0.450. The molecule has 3 rings (SSSR count). The average molecular weight is 467 g/mol. The van der Waals surface area contributed by atoms with Crippen LogP contribution in [-0.4, -0.2) is 42.3 Å². The summed E-state index contributed by atoms with van der Waals surface area (Å²) in [6.07, 6.45) is 0.672. The van der Waals surface area contributed by atoms with Gasteiger partial charge in [0.25, 0.3) is 0 Å². The van der Waals surface area contributed by atoms with Crippen LogP contribution in [0.25, 0.3) is 11.1 Å². The molecule has 0 spiro atoms. The Balaban J connectivity index is 1.62. The molecule has 2 aromatic carbocycles. The lowest BCUT2D eigenvalue weighted by molar-refractivity contribution is -0.138. The molecule has 2 amide bonds. The van der Waals surface area contributed by atoms with Gasteiger partial charge in [0.05, 0.1) is 0 Å². The van der Waals surface area contributed by atoms with Gasteiger partial charge in [0, 0.05) is 18.9 Å². The Morgan fingerprint density at radius 3 is 2.12 bits per heavy atom. The Bertz CT molecular complexity index is 976. The summed E-state index contributed by atoms with van der Waals surface area (Å²) in [5, 5.41) is 14.4. The maximum atomic E-state index is 12.8. The number of alkyl carbamates (subject to hydrolysis) is 1. The summed E-state index contributed by atoms with van der Waals surface area (Å²) >= 11 is 0. The molecule has 182 valence electrons. The summed E-state index contributed by atoms with van der Waals surface area (Å²) in [7, 11) is 0. The van der Waals surface area contributed by atoms with E-state index in [4.69, 9.17) is 9.84 Å². The molecule has 1 aliphatic rings. The molecule has 2 aromatic rings. The van der Waals surface area contributed by atoms with Crippen LogP contribution in [0.4, 0.5) is 4.79 Å². The van der Waals surface area contributed by atoms with Crippen molar-refractivity contribution in [2.75, 3.05) is 13.2 Å². The lowest BCUT2D eigenvalue weighted by Gasteiger charge is -2.22. The summed E-state index contributed by atoms with van der Waals surface area (Å²) in [5.74, 6) is -1.28. The second kappa shape index (κ2) is 11.7. The zero-order valence-corrected chi connectivity index (χ0v) is 20.0. The normalized spacial score (nSPS) is 14.9. The van der Waals surface area contributed by atoms with Crippen LogP contribution in [0.1, 0.15) is 57.1 Å². The lowest BCUT2D eigenvalue weighted by Crippen LogP contribution is -2.48. The Hall–Kier alpha value is -3.35. The van der Waals surface area contributed by atoms with Crippen molar-refractivity contribution < 1.29 is 24.2 Å². The molecule has 7 heteroatoms. The predicted molar refractivity (Wildman–Crippen MR) is 130 cm³/mol. The Kier molecular flexibility index (Phi) is 8.68. The van der Waals surface area contributed by atoms with E-state index < -0.39 is 18.1 Å². The van der Waals surface area contributed by atoms with Crippen molar-refractivity contribution in [2.45, 2.75) is 52.0 Å². The van der Waals surface area contributed by atoms with Gasteiger partial charge >= 0.3 is 12.1 Å². The molecule has 3 N–H and O–H groups in total. The highest BCUT2D eigenvalue weighted by Gasteiger charge is 2.30. The van der Waals surface area contributed by atoms with E-state index in [1.54, 1.807) is 6.92 Å². The zero-order valence-electron chi connectivity index (χ0n) is 20.0. The fourth-order valence-corrected chi connectivity index (χ4v) is 4.35. The van der Waals surface area contributed by atoms with Crippen LogP contribution in [0.2, 0.25) is 0 Å². The van der Waals surface area contributed by atoms with Gasteiger partial charge in [-0.3, -0.25) is 9.59 Å². The Morgan fingerprint density at radius 1 is 0.971 bits per heavy atom. The van der Waals surface area contributed by atoms with Crippen LogP contribution in [0.3, 0.4) is 0 Å². The van der Waals surface area contributed by atoms with Gasteiger partial charge in [0.15, 0.2) is 0 Å². The molecule has 0 radical (unpaired) electrons. The first kappa shape index (κ1) is 25.3. The van der Waals surface area contributed by atoms with Crippen molar-refractivity contribution in [3.8, 4) is 11.1 Å². The summed E-state index contributed by atoms with van der Waals surface area (Å²) in [6.45, 7) is 6.22. The van der Waals surface area contributed by atoms with E-state index in [1.165, 1.54) is 0 Å². The van der Waals surface area contributed by atoms with E-state index in [9.17, 15) is 14.4 Å². The summed E-state index contributed by atoms with van der Waals surface area (Å²) in [6, 6.07) is 15.5. The minimum atomic E-state index is -0.908. The van der Waals surface area contributed by atoms with Crippen LogP contribution >= 0.6 is 0 Å². The van der Waals surface area contributed by atoms with Crippen LogP contribution < -0.4 is 10.6 Å². The van der Waals surface area contributed by atoms with Crippen molar-refractivity contribution in [3.05, 3.63) is 59.7 Å². The number of carboxylic acids is 1. The SMILES string of the molecule is CCC(C)CC(NC(=O)OCC1c2ccccc2-c2ccccc21)C(=O)NCC(C)CC(=O)O. The smallest absolute Gasteiger partial charge is 0.407 e. The van der Waals surface area contributed by atoms with E-state index in [0.717, 1.165) is 28.7 Å². The zero-order chi connectivity index (χ0) is 24.7. The number of aliphatic carboxylic acids is 1. The fourth-order valence-electron chi connectivity index (χ4n) is 4.35. The van der Waals surface area contributed by atoms with Gasteiger partial charge in [-0.05, 0) is 40.5 Å². The molecule has 0 aliphatic heterocycles. The molecule has 34 heavy (non-hydrogen) atoms. The third-order valence-corrected chi connectivity index (χ3v) is 6.44. The number of carbonyl (C=O) groups excluding carboxylic acids is 2. The topological polar surface area (TPSA) is 105 Å². The predicted octanol–water partition coefficient (Wildman–Crippen LogP) is 4.56. The Labute approximate surface area is 200 Å². The Morgan fingerprint density at radius 2 is 1.56 bits per heavy atom. The summed E-state index contributed by atoms with van der Waals surface area (Å²) < 4.78 is 5.61. The molecule has 0 saturated carbocycles. The van der Waals surface area contributed by atoms with Gasteiger partial charge in [-0.2, -0.15) is 0 Å². The van der Waals surface area contributed by atoms with Crippen LogP contribution in [0.15, 0.2) is 48.5 Å². The van der Waals surface area contributed by atoms with E-state index in [2.05, 4.69) is 34.9 Å². The van der Waals surface area contributed by atoms with Crippen molar-refractivity contribution in [1.82, 2.24) is 10.6 Å². The minimum absolute atomic E-state index is 0.0316. The second-order valence-corrected chi connectivity index (χ2v) is 9.22. The number of ether oxygens (including phenoxy) is 1. The highest BCUT2D eigenvalue weighted by Crippen LogP contribution is 2.44. The molecular formula is C27H34N2O5. The van der Waals surface area contributed by atoms with Gasteiger partial charge in [0.1, 0.15) is 12.6 Å². The third-order valence-electron chi connectivity index (χ3n) is 6.44. The molecular weight excluding hydrogens is 432 g/mol. The molecule has 0 saturated heterocycles. The second-order valence-electron chi connectivity index (χ2n) is 9.22. The largest absolute Gasteiger partial charge is 0.481 e. The van der Waals surface area contributed by atoms with E-state index in [0.29, 0.717) is 6.42 Å². The van der Waals surface area contributed by atoms with E-state index >= 15 is 0 Å². The highest BCUT2D eigenvalue weighted by atomic mass is 16.5. The fraction of sp³-hybridized carbons (Fsp3) is 0.444. The molecule has 0 aromatic heterocycles. The maximum absolute atomic E-state index is 12.8. The number of benzene rings is 2. The average Bonchev–Trinajstić information content (AvgIpc) is 3.14. The van der Waals surface area contributed by atoms with Crippen LogP contribution in [0, 0.1) is 11.8 Å². The van der Waals surface area contributed by atoms with Gasteiger partial charge in [-0.1, -0.05) is 75.7 Å². The molecule has 7 nitrogen and oxygen atoms in total. The standard InChI is InChI=1S/C27H34N2O5/c1-4-17(2)13-24(26(32)28-15-18(3)14-25(30)31)29-27(33)34-16-23-21-11-7-5-9-19(21)20-10-6-8-12-22(20)23/h5-12,17-18,23-24H,4,13-16H2,1-3H3,(H,28,32)(H,29,33)(H,30,31). The maximum Gasteiger partial charge on any atom is 0.407 e. The van der Waals surface area contributed by atoms with Crippen molar-refractivity contribution >= 4 is 18.0 Å². The first-order valence-corrected chi connectivity index (χ1v) is 11.9. The van der Waals surface area contributed by atoms with Crippen molar-refractivity contribution in [1.29, 1.82) is 0 Å². The van der Waals surface area contributed by atoms with Crippen molar-refractivity contribution in [2.24, 2.45) is 11.8 Å². The van der Waals surface area contributed by atoms with Gasteiger partial charge in [-0.15, -0.1) is 0 Å². The number of hydrogen-bond donors (Lipinski definition) is 3. The first-order valence-electron chi connectivity index (χ1n) is 11.9. The number of fused-ring (bicyclic) bond motifs is 3. The number of nitrogens with one attached hydrogen (secondary N) is 2. The molecule has 3 atom stereocenters. The van der Waals surface area contributed by atoms with E-state index in [1.807, 2.05) is 38.1 Å². The first-order chi connectivity index (χ1) is 16.3. The number of carbonyl (C=O) groups is 3. The molecule has 3 unspecified atom stereocenters. The summed E-state index contributed by atoms with van der Waals surface area (Å²) in [4.78, 5) is 36.3. The highest BCUT2D eigenvalue weighted by molar-refractivity contribution is 5.85. The number of carboxylic acid groups (broad SMARTS) is 1. The minimum Gasteiger partial charge on any atom is -0.481 e. The van der Waals surface area contributed by atoms with Crippen LogP contribution in [-0.2, 0) is 14.3 Å². The molecule has 0 heterocycles. The molecule has 0 bridgehead atoms. The number of rotatable bonds is 11. The summed E-state index contributed by atoms with van der Waals surface area (Å²) in [5.41, 5.74) is 4.55. The lowest BCUT2D eigenvalue weighted by atomic mass is 9.98. The number of hydrogen-bond acceptors (Lipinski definition) is 4. The molecule has 1 aliphatic carbocycles. The number of amides is 2. The van der Waals surface area contributed by atoms with Crippen molar-refractivity contribution in [3.63, 3.8) is 0 Å². The molecule has 0 fully saturated rings. The van der Waals surface area contributed by atoms with Gasteiger partial charge < -0.3 is 20.5 Å². The van der Waals surface area contributed by atoms with Gasteiger partial charge in [-0.25, -0.2) is 4.79 Å². The van der Waals surface area contributed by atoms with Crippen LogP contribution in [0.5, 0.6) is 0 Å². The van der Waals surface area contributed by atoms with E-state index in [-0.39, 0.29) is 43.2 Å². The third kappa shape index (κ3) is 6.37. The van der Waals surface area contributed by atoms with Gasteiger partial charge in [0.2, 0.25) is 5.91 Å². The monoisotopic (exact) mass is 466 g/mol.